The zero-order chi connectivity index (χ0) is 38.4. The molecule has 0 aliphatic heterocycles. The Morgan fingerprint density at radius 3 is 1.79 bits per heavy atom. The largest absolute Gasteiger partial charge is 0.355 e. The smallest absolute Gasteiger partial charge is 0.103 e. The van der Waals surface area contributed by atoms with Crippen molar-refractivity contribution in [2.75, 3.05) is 7.05 Å². The van der Waals surface area contributed by atoms with Gasteiger partial charge in [0.05, 0.1) is 22.1 Å². The zero-order valence-corrected chi connectivity index (χ0v) is 32.1. The summed E-state index contributed by atoms with van der Waals surface area (Å²) in [5.41, 5.74) is 18.2. The van der Waals surface area contributed by atoms with Crippen LogP contribution in [0.3, 0.4) is 0 Å². The van der Waals surface area contributed by atoms with Crippen molar-refractivity contribution in [2.24, 2.45) is 5.73 Å². The summed E-state index contributed by atoms with van der Waals surface area (Å²) >= 11 is 0. The van der Waals surface area contributed by atoms with Crippen molar-refractivity contribution < 1.29 is 0 Å². The van der Waals surface area contributed by atoms with Gasteiger partial charge in [0.25, 0.3) is 0 Å². The van der Waals surface area contributed by atoms with Gasteiger partial charge in [-0.3, -0.25) is 0 Å². The molecule has 0 aliphatic rings. The molecule has 0 radical (unpaired) electrons. The third-order valence-electron chi connectivity index (χ3n) is 10.5. The molecule has 2 aromatic heterocycles. The Kier molecular flexibility index (Phi) is 10.5. The molecule has 9 aromatic rings. The van der Waals surface area contributed by atoms with Gasteiger partial charge in [0.15, 0.2) is 0 Å². The summed E-state index contributed by atoms with van der Waals surface area (Å²) in [4.78, 5) is 2.13. The van der Waals surface area contributed by atoms with Crippen molar-refractivity contribution in [1.29, 1.82) is 0 Å². The summed E-state index contributed by atoms with van der Waals surface area (Å²) in [6.07, 6.45) is 8.38. The summed E-state index contributed by atoms with van der Waals surface area (Å²) in [6, 6.07) is 64.0. The van der Waals surface area contributed by atoms with E-state index in [9.17, 15) is 0 Å². The fourth-order valence-corrected chi connectivity index (χ4v) is 7.83. The third kappa shape index (κ3) is 6.83. The van der Waals surface area contributed by atoms with Crippen LogP contribution in [-0.4, -0.2) is 21.1 Å². The van der Waals surface area contributed by atoms with E-state index < -0.39 is 0 Å². The number of hydrogen-bond donors (Lipinski definition) is 1. The van der Waals surface area contributed by atoms with E-state index in [0.717, 1.165) is 33.8 Å². The van der Waals surface area contributed by atoms with Gasteiger partial charge in [0, 0.05) is 45.7 Å². The standard InChI is InChI=1S/C46H40N4.C6H6/c1-4-17-33(30-35(5-2)48(3)46(47)32-18-8-6-9-19-32)34-20-16-23-37(31-34)50-41-26-14-12-24-38(41)39-28-29-43-44(45(39)50)40-25-13-15-27-42(40)49(43)36-21-10-7-11-22-36;1-2-4-6-5-3-1/h4-31,46H,47H2,1-3H3;1-6H/b17-4-,33-30+,35-5-;. The van der Waals surface area contributed by atoms with Crippen LogP contribution >= 0.6 is 0 Å². The molecule has 0 saturated carbocycles. The van der Waals surface area contributed by atoms with Crippen molar-refractivity contribution in [3.63, 3.8) is 0 Å². The summed E-state index contributed by atoms with van der Waals surface area (Å²) in [7, 11) is 2.06. The molecule has 56 heavy (non-hydrogen) atoms. The van der Waals surface area contributed by atoms with Crippen LogP contribution in [0, 0.1) is 0 Å². The molecule has 0 amide bonds. The molecule has 0 saturated heterocycles. The third-order valence-corrected chi connectivity index (χ3v) is 10.5. The van der Waals surface area contributed by atoms with Crippen molar-refractivity contribution in [2.45, 2.75) is 20.0 Å². The van der Waals surface area contributed by atoms with Crippen LogP contribution in [0.15, 0.2) is 212 Å². The topological polar surface area (TPSA) is 39.1 Å². The number of benzene rings is 7. The molecular formula is C52H46N4. The van der Waals surface area contributed by atoms with Crippen LogP contribution in [0.1, 0.15) is 31.1 Å². The maximum atomic E-state index is 6.75. The van der Waals surface area contributed by atoms with E-state index in [1.807, 2.05) is 54.6 Å². The highest BCUT2D eigenvalue weighted by atomic mass is 15.2. The molecular weight excluding hydrogens is 681 g/mol. The van der Waals surface area contributed by atoms with E-state index in [4.69, 9.17) is 5.73 Å². The van der Waals surface area contributed by atoms with E-state index in [1.165, 1.54) is 43.6 Å². The van der Waals surface area contributed by atoms with E-state index in [1.54, 1.807) is 0 Å². The van der Waals surface area contributed by atoms with Gasteiger partial charge < -0.3 is 19.8 Å². The van der Waals surface area contributed by atoms with Crippen molar-refractivity contribution in [1.82, 2.24) is 14.0 Å². The fourth-order valence-electron chi connectivity index (χ4n) is 7.83. The van der Waals surface area contributed by atoms with Gasteiger partial charge in [-0.2, -0.15) is 0 Å². The fraction of sp³-hybridized carbons (Fsp3) is 0.0769. The molecule has 2 N–H and O–H groups in total. The van der Waals surface area contributed by atoms with Crippen molar-refractivity contribution in [3.8, 4) is 11.4 Å². The number of likely N-dealkylation sites (N-methyl/N-ethyl adjacent to an activating group) is 1. The Morgan fingerprint density at radius 2 is 1.12 bits per heavy atom. The quantitative estimate of drug-likeness (QED) is 0.125. The molecule has 274 valence electrons. The molecule has 4 heteroatoms. The second kappa shape index (κ2) is 16.2. The molecule has 7 aromatic carbocycles. The number of rotatable bonds is 8. The highest BCUT2D eigenvalue weighted by molar-refractivity contribution is 6.26. The lowest BCUT2D eigenvalue weighted by atomic mass is 10.0. The van der Waals surface area contributed by atoms with Crippen LogP contribution in [0.2, 0.25) is 0 Å². The number of nitrogens with two attached hydrogens (primary N) is 1. The van der Waals surface area contributed by atoms with Crippen LogP contribution in [-0.2, 0) is 0 Å². The molecule has 0 fully saturated rings. The van der Waals surface area contributed by atoms with E-state index in [-0.39, 0.29) is 6.17 Å². The normalized spacial score (nSPS) is 12.7. The molecule has 2 heterocycles. The number of nitrogens with zero attached hydrogens (tertiary/aromatic N) is 3. The maximum Gasteiger partial charge on any atom is 0.103 e. The van der Waals surface area contributed by atoms with Crippen molar-refractivity contribution >= 4 is 49.2 Å². The summed E-state index contributed by atoms with van der Waals surface area (Å²) < 4.78 is 4.85. The van der Waals surface area contributed by atoms with Crippen molar-refractivity contribution in [3.05, 3.63) is 223 Å². The van der Waals surface area contributed by atoms with E-state index >= 15 is 0 Å². The molecule has 1 atom stereocenters. The lowest BCUT2D eigenvalue weighted by molar-refractivity contribution is 0.325. The second-order valence-corrected chi connectivity index (χ2v) is 13.9. The maximum absolute atomic E-state index is 6.75. The minimum absolute atomic E-state index is 0.269. The van der Waals surface area contributed by atoms with Gasteiger partial charge in [-0.1, -0.05) is 158 Å². The Balaban J connectivity index is 0.000000673. The number of allylic oxidation sites excluding steroid dienone is 5. The van der Waals surface area contributed by atoms with Gasteiger partial charge in [0.2, 0.25) is 0 Å². The average Bonchev–Trinajstić information content (AvgIpc) is 3.79. The summed E-state index contributed by atoms with van der Waals surface area (Å²) in [5, 5.41) is 4.97. The molecule has 0 bridgehead atoms. The minimum atomic E-state index is -0.269. The number of aromatic nitrogens is 2. The first-order chi connectivity index (χ1) is 27.6. The highest BCUT2D eigenvalue weighted by Gasteiger charge is 2.21. The molecule has 9 rings (SSSR count). The minimum Gasteiger partial charge on any atom is -0.355 e. The average molecular weight is 727 g/mol. The lowest BCUT2D eigenvalue weighted by Gasteiger charge is -2.28. The van der Waals surface area contributed by atoms with Gasteiger partial charge >= 0.3 is 0 Å². The molecule has 0 spiro atoms. The molecule has 1 unspecified atom stereocenters. The zero-order valence-electron chi connectivity index (χ0n) is 32.1. The lowest BCUT2D eigenvalue weighted by Crippen LogP contribution is -2.30. The number of fused-ring (bicyclic) bond motifs is 7. The predicted molar refractivity (Wildman–Crippen MR) is 239 cm³/mol. The van der Waals surface area contributed by atoms with Crippen LogP contribution in [0.4, 0.5) is 0 Å². The number of hydrogen-bond acceptors (Lipinski definition) is 2. The van der Waals surface area contributed by atoms with E-state index in [2.05, 4.69) is 187 Å². The van der Waals surface area contributed by atoms with E-state index in [0.29, 0.717) is 0 Å². The summed E-state index contributed by atoms with van der Waals surface area (Å²) in [5.74, 6) is 0. The first-order valence-electron chi connectivity index (χ1n) is 19.2. The Bertz CT molecular complexity index is 2810. The first-order valence-corrected chi connectivity index (χ1v) is 19.2. The van der Waals surface area contributed by atoms with Gasteiger partial charge in [0.1, 0.15) is 6.17 Å². The summed E-state index contributed by atoms with van der Waals surface area (Å²) in [6.45, 7) is 4.14. The van der Waals surface area contributed by atoms with Crippen LogP contribution in [0.25, 0.3) is 60.6 Å². The number of para-hydroxylation sites is 3. The first kappa shape index (κ1) is 36.1. The van der Waals surface area contributed by atoms with Crippen LogP contribution in [0.5, 0.6) is 0 Å². The molecule has 0 aliphatic carbocycles. The molecule has 4 nitrogen and oxygen atoms in total. The van der Waals surface area contributed by atoms with Gasteiger partial charge in [-0.15, -0.1) is 0 Å². The second-order valence-electron chi connectivity index (χ2n) is 13.9. The monoisotopic (exact) mass is 726 g/mol. The Hall–Kier alpha value is -6.88. The highest BCUT2D eigenvalue weighted by Crippen LogP contribution is 2.42. The van der Waals surface area contributed by atoms with Gasteiger partial charge in [-0.05, 0) is 79.1 Å². The predicted octanol–water partition coefficient (Wildman–Crippen LogP) is 13.0. The SMILES string of the molecule is C\C=C/C(=C\C(=C\C)N(C)C(N)c1ccccc1)c1cccc(-n2c3ccccc3c3ccc4c(c5ccccc5n4-c4ccccc4)c32)c1.c1ccccc1. The Labute approximate surface area is 329 Å². The van der Waals surface area contributed by atoms with Gasteiger partial charge in [-0.25, -0.2) is 0 Å². The van der Waals surface area contributed by atoms with Crippen LogP contribution < -0.4 is 5.73 Å². The Morgan fingerprint density at radius 1 is 0.554 bits per heavy atom.